The summed E-state index contributed by atoms with van der Waals surface area (Å²) in [6, 6.07) is 10.9. The van der Waals surface area contributed by atoms with Crippen LogP contribution in [0.1, 0.15) is 19.3 Å². The Balaban J connectivity index is 1.89. The van der Waals surface area contributed by atoms with Crippen molar-refractivity contribution in [2.75, 3.05) is 23.3 Å². The van der Waals surface area contributed by atoms with Gasteiger partial charge >= 0.3 is 0 Å². The van der Waals surface area contributed by atoms with E-state index < -0.39 is 10.0 Å². The standard InChI is InChI=1S/C18H19ClN2O4S/c1-25-17-12-14(8-9-16(17)21-10-3-2-7-18(21)22)20-26(23,24)15-6-4-5-13(19)11-15/h4-6,8-9,11-12,20H,2-3,7,10H2,1H3. The second-order valence-electron chi connectivity index (χ2n) is 5.95. The lowest BCUT2D eigenvalue weighted by Crippen LogP contribution is -2.35. The van der Waals surface area contributed by atoms with Crippen molar-refractivity contribution in [2.24, 2.45) is 0 Å². The van der Waals surface area contributed by atoms with Gasteiger partial charge in [-0.2, -0.15) is 0 Å². The molecular formula is C18H19ClN2O4S. The number of nitrogens with one attached hydrogen (secondary N) is 1. The molecule has 2 aromatic carbocycles. The van der Waals surface area contributed by atoms with Crippen molar-refractivity contribution in [2.45, 2.75) is 24.2 Å². The van der Waals surface area contributed by atoms with Crippen LogP contribution in [-0.2, 0) is 14.8 Å². The SMILES string of the molecule is COc1cc(NS(=O)(=O)c2cccc(Cl)c2)ccc1N1CCCCC1=O. The Morgan fingerprint density at radius 3 is 2.65 bits per heavy atom. The molecule has 1 amide bonds. The lowest BCUT2D eigenvalue weighted by atomic mass is 10.1. The number of amides is 1. The van der Waals surface area contributed by atoms with Crippen LogP contribution in [0.25, 0.3) is 0 Å². The molecule has 26 heavy (non-hydrogen) atoms. The molecule has 1 aliphatic rings. The number of benzene rings is 2. The highest BCUT2D eigenvalue weighted by atomic mass is 35.5. The third-order valence-corrected chi connectivity index (χ3v) is 5.77. The monoisotopic (exact) mass is 394 g/mol. The maximum atomic E-state index is 12.5. The van der Waals surface area contributed by atoms with Gasteiger partial charge in [0.05, 0.1) is 23.4 Å². The molecule has 8 heteroatoms. The summed E-state index contributed by atoms with van der Waals surface area (Å²) in [4.78, 5) is 13.9. The minimum atomic E-state index is -3.78. The van der Waals surface area contributed by atoms with Crippen LogP contribution in [0.2, 0.25) is 5.02 Å². The van der Waals surface area contributed by atoms with Crippen molar-refractivity contribution in [3.63, 3.8) is 0 Å². The number of nitrogens with zero attached hydrogens (tertiary/aromatic N) is 1. The first kappa shape index (κ1) is 18.5. The molecule has 0 unspecified atom stereocenters. The number of methoxy groups -OCH3 is 1. The van der Waals surface area contributed by atoms with E-state index in [1.807, 2.05) is 0 Å². The van der Waals surface area contributed by atoms with Crippen LogP contribution in [0.3, 0.4) is 0 Å². The molecule has 0 aliphatic carbocycles. The largest absolute Gasteiger partial charge is 0.494 e. The zero-order valence-corrected chi connectivity index (χ0v) is 15.8. The van der Waals surface area contributed by atoms with Crippen LogP contribution < -0.4 is 14.4 Å². The molecule has 6 nitrogen and oxygen atoms in total. The fourth-order valence-electron chi connectivity index (χ4n) is 2.87. The Labute approximate surface area is 157 Å². The maximum Gasteiger partial charge on any atom is 0.261 e. The highest BCUT2D eigenvalue weighted by Gasteiger charge is 2.23. The molecule has 1 aliphatic heterocycles. The summed E-state index contributed by atoms with van der Waals surface area (Å²) in [5.74, 6) is 0.480. The number of sulfonamides is 1. The number of rotatable bonds is 5. The molecular weight excluding hydrogens is 376 g/mol. The summed E-state index contributed by atoms with van der Waals surface area (Å²) in [7, 11) is -2.29. The van der Waals surface area contributed by atoms with Crippen molar-refractivity contribution >= 4 is 38.9 Å². The van der Waals surface area contributed by atoms with Crippen molar-refractivity contribution < 1.29 is 17.9 Å². The van der Waals surface area contributed by atoms with Crippen molar-refractivity contribution in [3.05, 3.63) is 47.5 Å². The molecule has 0 saturated carbocycles. The van der Waals surface area contributed by atoms with Gasteiger partial charge in [0.2, 0.25) is 5.91 Å². The number of halogens is 1. The smallest absolute Gasteiger partial charge is 0.261 e. The van der Waals surface area contributed by atoms with E-state index in [2.05, 4.69) is 4.72 Å². The molecule has 1 heterocycles. The van der Waals surface area contributed by atoms with Gasteiger partial charge in [-0.25, -0.2) is 8.42 Å². The second-order valence-corrected chi connectivity index (χ2v) is 8.07. The molecule has 0 radical (unpaired) electrons. The zero-order chi connectivity index (χ0) is 18.7. The quantitative estimate of drug-likeness (QED) is 0.839. The fraction of sp³-hybridized carbons (Fsp3) is 0.278. The Bertz CT molecular complexity index is 931. The highest BCUT2D eigenvalue weighted by Crippen LogP contribution is 2.34. The summed E-state index contributed by atoms with van der Waals surface area (Å²) in [5, 5.41) is 0.337. The van der Waals surface area contributed by atoms with E-state index in [9.17, 15) is 13.2 Å². The molecule has 0 atom stereocenters. The highest BCUT2D eigenvalue weighted by molar-refractivity contribution is 7.92. The van der Waals surface area contributed by atoms with E-state index >= 15 is 0 Å². The van der Waals surface area contributed by atoms with Gasteiger partial charge in [-0.3, -0.25) is 9.52 Å². The van der Waals surface area contributed by atoms with Crippen molar-refractivity contribution in [3.8, 4) is 5.75 Å². The average molecular weight is 395 g/mol. The van der Waals surface area contributed by atoms with Crippen molar-refractivity contribution in [1.82, 2.24) is 0 Å². The molecule has 138 valence electrons. The zero-order valence-electron chi connectivity index (χ0n) is 14.2. The van der Waals surface area contributed by atoms with E-state index in [4.69, 9.17) is 16.3 Å². The Hall–Kier alpha value is -2.25. The Morgan fingerprint density at radius 2 is 1.96 bits per heavy atom. The lowest BCUT2D eigenvalue weighted by Gasteiger charge is -2.28. The Morgan fingerprint density at radius 1 is 1.15 bits per heavy atom. The number of carbonyl (C=O) groups is 1. The summed E-state index contributed by atoms with van der Waals surface area (Å²) >= 11 is 5.87. The predicted molar refractivity (Wildman–Crippen MR) is 101 cm³/mol. The number of hydrogen-bond donors (Lipinski definition) is 1. The van der Waals surface area contributed by atoms with Gasteiger partial charge in [0, 0.05) is 24.1 Å². The number of anilines is 2. The lowest BCUT2D eigenvalue weighted by molar-refractivity contribution is -0.119. The van der Waals surface area contributed by atoms with Gasteiger partial charge in [0.15, 0.2) is 0 Å². The summed E-state index contributed by atoms with van der Waals surface area (Å²) in [5.41, 5.74) is 0.984. The van der Waals surface area contributed by atoms with Gasteiger partial charge in [-0.1, -0.05) is 17.7 Å². The first-order chi connectivity index (χ1) is 12.4. The van der Waals surface area contributed by atoms with Gasteiger partial charge in [-0.15, -0.1) is 0 Å². The van der Waals surface area contributed by atoms with Gasteiger partial charge < -0.3 is 9.64 Å². The molecule has 0 bridgehead atoms. The third kappa shape index (κ3) is 3.94. The minimum absolute atomic E-state index is 0.0433. The molecule has 1 fully saturated rings. The fourth-order valence-corrected chi connectivity index (χ4v) is 4.22. The van der Waals surface area contributed by atoms with Crippen LogP contribution in [0.15, 0.2) is 47.4 Å². The van der Waals surface area contributed by atoms with Gasteiger partial charge in [-0.05, 0) is 43.2 Å². The first-order valence-electron chi connectivity index (χ1n) is 8.17. The number of piperidine rings is 1. The topological polar surface area (TPSA) is 75.7 Å². The minimum Gasteiger partial charge on any atom is -0.494 e. The summed E-state index contributed by atoms with van der Waals surface area (Å²) in [6.07, 6.45) is 2.32. The molecule has 1 saturated heterocycles. The van der Waals surface area contributed by atoms with E-state index in [0.717, 1.165) is 12.8 Å². The molecule has 3 rings (SSSR count). The van der Waals surface area contributed by atoms with Crippen LogP contribution in [0, 0.1) is 0 Å². The molecule has 0 spiro atoms. The second kappa shape index (κ2) is 7.55. The number of hydrogen-bond acceptors (Lipinski definition) is 4. The van der Waals surface area contributed by atoms with Crippen LogP contribution in [0.4, 0.5) is 11.4 Å². The van der Waals surface area contributed by atoms with Crippen molar-refractivity contribution in [1.29, 1.82) is 0 Å². The van der Waals surface area contributed by atoms with Crippen LogP contribution in [-0.4, -0.2) is 28.0 Å². The molecule has 2 aromatic rings. The normalized spacial score (nSPS) is 15.0. The first-order valence-corrected chi connectivity index (χ1v) is 10.0. The molecule has 0 aromatic heterocycles. The van der Waals surface area contributed by atoms with E-state index in [1.54, 1.807) is 35.2 Å². The number of ether oxygens (including phenoxy) is 1. The van der Waals surface area contributed by atoms with E-state index in [-0.39, 0.29) is 10.8 Å². The maximum absolute atomic E-state index is 12.5. The summed E-state index contributed by atoms with van der Waals surface area (Å²) in [6.45, 7) is 0.628. The van der Waals surface area contributed by atoms with Gasteiger partial charge in [0.25, 0.3) is 10.0 Å². The van der Waals surface area contributed by atoms with Gasteiger partial charge in [0.1, 0.15) is 5.75 Å². The van der Waals surface area contributed by atoms with E-state index in [1.165, 1.54) is 19.2 Å². The average Bonchev–Trinajstić information content (AvgIpc) is 2.62. The van der Waals surface area contributed by atoms with Crippen LogP contribution in [0.5, 0.6) is 5.75 Å². The summed E-state index contributed by atoms with van der Waals surface area (Å²) < 4.78 is 32.9. The molecule has 1 N–H and O–H groups in total. The van der Waals surface area contributed by atoms with Crippen LogP contribution >= 0.6 is 11.6 Å². The van der Waals surface area contributed by atoms with E-state index in [0.29, 0.717) is 35.1 Å². The predicted octanol–water partition coefficient (Wildman–Crippen LogP) is 3.67. The third-order valence-electron chi connectivity index (χ3n) is 4.15. The Kier molecular flexibility index (Phi) is 5.38. The number of carbonyl (C=O) groups excluding carboxylic acids is 1.